The molecule has 3 amide bonds. The van der Waals surface area contributed by atoms with E-state index in [0.29, 0.717) is 0 Å². The highest BCUT2D eigenvalue weighted by atomic mass is 16.3. The van der Waals surface area contributed by atoms with Gasteiger partial charge in [-0.3, -0.25) is 10.1 Å². The van der Waals surface area contributed by atoms with Crippen LogP contribution in [0.25, 0.3) is 0 Å². The summed E-state index contributed by atoms with van der Waals surface area (Å²) in [5.74, 6) is -0.703. The molecule has 20 heavy (non-hydrogen) atoms. The average Bonchev–Trinajstić information content (AvgIpc) is 2.41. The van der Waals surface area contributed by atoms with Crippen molar-refractivity contribution in [2.45, 2.75) is 0 Å². The second-order valence-electron chi connectivity index (χ2n) is 4.01. The van der Waals surface area contributed by atoms with Gasteiger partial charge >= 0.3 is 6.03 Å². The van der Waals surface area contributed by atoms with Crippen LogP contribution in [0, 0.1) is 0 Å². The zero-order chi connectivity index (χ0) is 14.5. The molecular weight excluding hydrogens is 258 g/mol. The molecule has 6 heteroatoms. The third-order valence-electron chi connectivity index (χ3n) is 2.58. The number of phenolic OH excluding ortho intramolecular Hbond substituents is 1. The number of amides is 3. The van der Waals surface area contributed by atoms with Gasteiger partial charge in [0.1, 0.15) is 5.75 Å². The van der Waals surface area contributed by atoms with Gasteiger partial charge in [0.25, 0.3) is 5.91 Å². The van der Waals surface area contributed by atoms with Gasteiger partial charge in [-0.05, 0) is 24.3 Å². The molecule has 0 heterocycles. The molecule has 0 bridgehead atoms. The quantitative estimate of drug-likeness (QED) is 0.495. The van der Waals surface area contributed by atoms with Gasteiger partial charge in [0.15, 0.2) is 0 Å². The molecule has 0 radical (unpaired) electrons. The average molecular weight is 271 g/mol. The van der Waals surface area contributed by atoms with Crippen LogP contribution in [0.4, 0.5) is 16.2 Å². The lowest BCUT2D eigenvalue weighted by Gasteiger charge is -2.09. The number of hydrogen-bond acceptors (Lipinski definition) is 4. The van der Waals surface area contributed by atoms with E-state index in [1.54, 1.807) is 30.3 Å². The summed E-state index contributed by atoms with van der Waals surface area (Å²) in [5, 5.41) is 14.0. The van der Waals surface area contributed by atoms with E-state index >= 15 is 0 Å². The van der Waals surface area contributed by atoms with Crippen LogP contribution in [0.2, 0.25) is 0 Å². The van der Waals surface area contributed by atoms with Crippen molar-refractivity contribution in [2.24, 2.45) is 0 Å². The summed E-state index contributed by atoms with van der Waals surface area (Å²) in [4.78, 5) is 23.5. The maximum atomic E-state index is 11.8. The highest BCUT2D eigenvalue weighted by molar-refractivity contribution is 6.10. The molecule has 102 valence electrons. The van der Waals surface area contributed by atoms with E-state index in [9.17, 15) is 14.7 Å². The lowest BCUT2D eigenvalue weighted by molar-refractivity contribution is 0.0968. The number of carbonyl (C=O) groups excluding carboxylic acids is 2. The van der Waals surface area contributed by atoms with Crippen LogP contribution in [-0.2, 0) is 0 Å². The van der Waals surface area contributed by atoms with Crippen LogP contribution in [0.3, 0.4) is 0 Å². The third-order valence-corrected chi connectivity index (χ3v) is 2.58. The third kappa shape index (κ3) is 3.05. The number of phenols is 1. The summed E-state index contributed by atoms with van der Waals surface area (Å²) in [6.07, 6.45) is 0. The van der Waals surface area contributed by atoms with Crippen molar-refractivity contribution in [1.29, 1.82) is 0 Å². The van der Waals surface area contributed by atoms with Crippen molar-refractivity contribution >= 4 is 23.3 Å². The Labute approximate surface area is 115 Å². The number of carbonyl (C=O) groups is 2. The SMILES string of the molecule is Nc1ccccc1C(=O)NC(=O)Nc1ccccc1O. The Morgan fingerprint density at radius 3 is 2.35 bits per heavy atom. The fraction of sp³-hybridized carbons (Fsp3) is 0. The minimum Gasteiger partial charge on any atom is -0.506 e. The molecule has 0 aliphatic carbocycles. The van der Waals surface area contributed by atoms with Gasteiger partial charge in [0.05, 0.1) is 11.3 Å². The van der Waals surface area contributed by atoms with E-state index in [2.05, 4.69) is 10.6 Å². The number of urea groups is 1. The molecule has 0 aliphatic rings. The highest BCUT2D eigenvalue weighted by Crippen LogP contribution is 2.21. The minimum absolute atomic E-state index is 0.0886. The first-order valence-corrected chi connectivity index (χ1v) is 5.83. The highest BCUT2D eigenvalue weighted by Gasteiger charge is 2.13. The maximum Gasteiger partial charge on any atom is 0.326 e. The van der Waals surface area contributed by atoms with E-state index in [4.69, 9.17) is 5.73 Å². The molecule has 0 unspecified atom stereocenters. The number of nitrogens with two attached hydrogens (primary N) is 1. The fourth-order valence-electron chi connectivity index (χ4n) is 1.61. The summed E-state index contributed by atoms with van der Waals surface area (Å²) in [5.41, 5.74) is 6.33. The zero-order valence-corrected chi connectivity index (χ0v) is 10.5. The van der Waals surface area contributed by atoms with Crippen molar-refractivity contribution in [1.82, 2.24) is 5.32 Å². The number of para-hydroxylation sites is 3. The second-order valence-corrected chi connectivity index (χ2v) is 4.01. The maximum absolute atomic E-state index is 11.8. The lowest BCUT2D eigenvalue weighted by Crippen LogP contribution is -2.34. The van der Waals surface area contributed by atoms with Crippen molar-refractivity contribution in [3.63, 3.8) is 0 Å². The van der Waals surface area contributed by atoms with Gasteiger partial charge < -0.3 is 16.2 Å². The van der Waals surface area contributed by atoms with Gasteiger partial charge in [0.2, 0.25) is 0 Å². The lowest BCUT2D eigenvalue weighted by atomic mass is 10.2. The molecule has 0 spiro atoms. The topological polar surface area (TPSA) is 104 Å². The van der Waals surface area contributed by atoms with E-state index in [1.165, 1.54) is 18.2 Å². The number of aromatic hydroxyl groups is 1. The molecule has 2 aromatic rings. The van der Waals surface area contributed by atoms with E-state index in [0.717, 1.165) is 0 Å². The molecule has 2 aromatic carbocycles. The molecule has 0 aromatic heterocycles. The first-order valence-electron chi connectivity index (χ1n) is 5.83. The number of hydrogen-bond donors (Lipinski definition) is 4. The monoisotopic (exact) mass is 271 g/mol. The zero-order valence-electron chi connectivity index (χ0n) is 10.5. The van der Waals surface area contributed by atoms with Crippen molar-refractivity contribution < 1.29 is 14.7 Å². The molecule has 6 nitrogen and oxygen atoms in total. The Balaban J connectivity index is 2.04. The Morgan fingerprint density at radius 1 is 1.00 bits per heavy atom. The second kappa shape index (κ2) is 5.75. The van der Waals surface area contributed by atoms with Crippen LogP contribution in [-0.4, -0.2) is 17.0 Å². The minimum atomic E-state index is -0.750. The predicted molar refractivity (Wildman–Crippen MR) is 75.4 cm³/mol. The van der Waals surface area contributed by atoms with Crippen LogP contribution >= 0.6 is 0 Å². The Morgan fingerprint density at radius 2 is 1.65 bits per heavy atom. The first kappa shape index (κ1) is 13.4. The number of anilines is 2. The van der Waals surface area contributed by atoms with Crippen molar-refractivity contribution in [3.8, 4) is 5.75 Å². The Hall–Kier alpha value is -3.02. The number of rotatable bonds is 2. The van der Waals surface area contributed by atoms with Crippen LogP contribution in [0.15, 0.2) is 48.5 Å². The van der Waals surface area contributed by atoms with Crippen LogP contribution in [0.1, 0.15) is 10.4 Å². The van der Waals surface area contributed by atoms with Crippen molar-refractivity contribution in [2.75, 3.05) is 11.1 Å². The molecule has 2 rings (SSSR count). The standard InChI is InChI=1S/C14H13N3O3/c15-10-6-2-1-5-9(10)13(19)17-14(20)16-11-7-3-4-8-12(11)18/h1-8,18H,15H2,(H2,16,17,19,20). The van der Waals surface area contributed by atoms with Crippen LogP contribution < -0.4 is 16.4 Å². The van der Waals surface area contributed by atoms with Gasteiger partial charge in [-0.25, -0.2) is 4.79 Å². The number of nitrogen functional groups attached to an aromatic ring is 1. The largest absolute Gasteiger partial charge is 0.506 e. The van der Waals surface area contributed by atoms with Gasteiger partial charge in [-0.2, -0.15) is 0 Å². The predicted octanol–water partition coefficient (Wildman–Crippen LogP) is 1.94. The van der Waals surface area contributed by atoms with Gasteiger partial charge in [-0.15, -0.1) is 0 Å². The molecule has 5 N–H and O–H groups in total. The molecule has 0 aliphatic heterocycles. The summed E-state index contributed by atoms with van der Waals surface area (Å²) >= 11 is 0. The molecule has 0 fully saturated rings. The Kier molecular flexibility index (Phi) is 3.85. The molecule has 0 saturated carbocycles. The summed E-state index contributed by atoms with van der Waals surface area (Å²) < 4.78 is 0. The summed E-state index contributed by atoms with van der Waals surface area (Å²) in [6.45, 7) is 0. The molecular formula is C14H13N3O3. The smallest absolute Gasteiger partial charge is 0.326 e. The van der Waals surface area contributed by atoms with E-state index in [-0.39, 0.29) is 22.7 Å². The van der Waals surface area contributed by atoms with Crippen LogP contribution in [0.5, 0.6) is 5.75 Å². The Bertz CT molecular complexity index is 656. The van der Waals surface area contributed by atoms with E-state index in [1.807, 2.05) is 0 Å². The summed E-state index contributed by atoms with van der Waals surface area (Å²) in [7, 11) is 0. The number of imide groups is 1. The van der Waals surface area contributed by atoms with Gasteiger partial charge in [-0.1, -0.05) is 24.3 Å². The summed E-state index contributed by atoms with van der Waals surface area (Å²) in [6, 6.07) is 11.9. The molecule has 0 atom stereocenters. The van der Waals surface area contributed by atoms with Gasteiger partial charge in [0, 0.05) is 5.69 Å². The molecule has 0 saturated heterocycles. The number of nitrogens with one attached hydrogen (secondary N) is 2. The van der Waals surface area contributed by atoms with E-state index < -0.39 is 11.9 Å². The fourth-order valence-corrected chi connectivity index (χ4v) is 1.61. The first-order chi connectivity index (χ1) is 9.58. The number of benzene rings is 2. The van der Waals surface area contributed by atoms with Crippen molar-refractivity contribution in [3.05, 3.63) is 54.1 Å². The normalized spacial score (nSPS) is 9.80.